The van der Waals surface area contributed by atoms with Crippen molar-refractivity contribution in [1.29, 1.82) is 0 Å². The molecule has 5 heteroatoms. The quantitative estimate of drug-likeness (QED) is 0.834. The number of pyridine rings is 1. The van der Waals surface area contributed by atoms with Crippen LogP contribution < -0.4 is 0 Å². The van der Waals surface area contributed by atoms with Crippen LogP contribution in [0.1, 0.15) is 24.9 Å². The predicted molar refractivity (Wildman–Crippen MR) is 75.9 cm³/mol. The maximum atomic E-state index is 12.4. The third kappa shape index (κ3) is 3.26. The van der Waals surface area contributed by atoms with E-state index >= 15 is 0 Å². The molecule has 0 aromatic carbocycles. The number of halogens is 1. The molecule has 0 bridgehead atoms. The molecule has 102 valence electrons. The van der Waals surface area contributed by atoms with Gasteiger partial charge >= 0.3 is 6.03 Å². The number of hydrogen-bond acceptors (Lipinski definition) is 2. The van der Waals surface area contributed by atoms with E-state index in [9.17, 15) is 4.79 Å². The molecule has 0 aliphatic carbocycles. The lowest BCUT2D eigenvalue weighted by molar-refractivity contribution is 0.153. The monoisotopic (exact) mass is 279 g/mol. The molecule has 0 saturated heterocycles. The highest BCUT2D eigenvalue weighted by atomic mass is 35.5. The smallest absolute Gasteiger partial charge is 0.320 e. The number of amides is 2. The minimum atomic E-state index is -0.00844. The summed E-state index contributed by atoms with van der Waals surface area (Å²) < 4.78 is 0. The van der Waals surface area contributed by atoms with Gasteiger partial charge in [-0.3, -0.25) is 4.98 Å². The molecular formula is C14H18ClN3O. The fourth-order valence-electron chi connectivity index (χ4n) is 2.10. The van der Waals surface area contributed by atoms with Crippen molar-refractivity contribution in [2.45, 2.75) is 19.4 Å². The van der Waals surface area contributed by atoms with Gasteiger partial charge in [0.2, 0.25) is 0 Å². The maximum absolute atomic E-state index is 12.4. The third-order valence-corrected chi connectivity index (χ3v) is 3.70. The van der Waals surface area contributed by atoms with Gasteiger partial charge in [0.25, 0.3) is 0 Å². The van der Waals surface area contributed by atoms with Gasteiger partial charge in [0.05, 0.1) is 12.6 Å². The normalized spacial score (nSPS) is 16.8. The van der Waals surface area contributed by atoms with E-state index in [1.165, 1.54) is 0 Å². The highest BCUT2D eigenvalue weighted by molar-refractivity contribution is 6.30. The molecular weight excluding hydrogens is 262 g/mol. The molecule has 1 aliphatic heterocycles. The third-order valence-electron chi connectivity index (χ3n) is 3.43. The van der Waals surface area contributed by atoms with Crippen LogP contribution in [-0.4, -0.2) is 41.0 Å². The number of rotatable bonds is 2. The number of aromatic nitrogens is 1. The highest BCUT2D eigenvalue weighted by Gasteiger charge is 2.24. The van der Waals surface area contributed by atoms with Crippen molar-refractivity contribution in [2.24, 2.45) is 0 Å². The Bertz CT molecular complexity index is 475. The molecule has 0 spiro atoms. The van der Waals surface area contributed by atoms with Crippen LogP contribution in [0.5, 0.6) is 0 Å². The molecule has 19 heavy (non-hydrogen) atoms. The number of hydrogen-bond donors (Lipinski definition) is 0. The Morgan fingerprint density at radius 1 is 1.58 bits per heavy atom. The minimum absolute atomic E-state index is 0.00241. The van der Waals surface area contributed by atoms with Crippen LogP contribution >= 0.6 is 11.6 Å². The van der Waals surface area contributed by atoms with Gasteiger partial charge in [-0.25, -0.2) is 4.79 Å². The van der Waals surface area contributed by atoms with Gasteiger partial charge in [-0.05, 0) is 25.0 Å². The number of urea groups is 1. The molecule has 2 rings (SSSR count). The Morgan fingerprint density at radius 2 is 2.37 bits per heavy atom. The molecule has 1 aromatic heterocycles. The number of carbonyl (C=O) groups is 1. The lowest BCUT2D eigenvalue weighted by Crippen LogP contribution is -2.44. The van der Waals surface area contributed by atoms with Crippen molar-refractivity contribution in [1.82, 2.24) is 14.8 Å². The van der Waals surface area contributed by atoms with Crippen molar-refractivity contribution >= 4 is 17.6 Å². The van der Waals surface area contributed by atoms with Crippen LogP contribution in [0.2, 0.25) is 0 Å². The van der Waals surface area contributed by atoms with Crippen LogP contribution in [0.25, 0.3) is 0 Å². The summed E-state index contributed by atoms with van der Waals surface area (Å²) in [5.74, 6) is 0. The Hall–Kier alpha value is -1.55. The van der Waals surface area contributed by atoms with Crippen molar-refractivity contribution in [3.63, 3.8) is 0 Å². The largest absolute Gasteiger partial charge is 0.321 e. The molecule has 1 unspecified atom stereocenters. The summed E-state index contributed by atoms with van der Waals surface area (Å²) in [6.45, 7) is 3.22. The summed E-state index contributed by atoms with van der Waals surface area (Å²) in [5, 5.41) is 0.738. The summed E-state index contributed by atoms with van der Waals surface area (Å²) in [7, 11) is 1.81. The first kappa shape index (κ1) is 13.9. The van der Waals surface area contributed by atoms with Crippen LogP contribution in [0.3, 0.4) is 0 Å². The second kappa shape index (κ2) is 6.06. The van der Waals surface area contributed by atoms with Crippen molar-refractivity contribution in [3.05, 3.63) is 41.2 Å². The van der Waals surface area contributed by atoms with Crippen molar-refractivity contribution < 1.29 is 4.79 Å². The van der Waals surface area contributed by atoms with E-state index in [0.29, 0.717) is 6.54 Å². The van der Waals surface area contributed by atoms with Gasteiger partial charge in [0.1, 0.15) is 0 Å². The van der Waals surface area contributed by atoms with Gasteiger partial charge in [0, 0.05) is 31.0 Å². The van der Waals surface area contributed by atoms with Gasteiger partial charge in [-0.1, -0.05) is 23.7 Å². The average molecular weight is 280 g/mol. The summed E-state index contributed by atoms with van der Waals surface area (Å²) in [4.78, 5) is 20.0. The van der Waals surface area contributed by atoms with Crippen LogP contribution in [0.15, 0.2) is 35.6 Å². The molecule has 4 nitrogen and oxygen atoms in total. The lowest BCUT2D eigenvalue weighted by Gasteiger charge is -2.33. The summed E-state index contributed by atoms with van der Waals surface area (Å²) >= 11 is 6.00. The molecule has 1 atom stereocenters. The zero-order valence-corrected chi connectivity index (χ0v) is 12.0. The van der Waals surface area contributed by atoms with E-state index in [0.717, 1.165) is 23.6 Å². The van der Waals surface area contributed by atoms with Crippen LogP contribution in [-0.2, 0) is 0 Å². The van der Waals surface area contributed by atoms with E-state index in [1.54, 1.807) is 22.2 Å². The Balaban J connectivity index is 2.05. The lowest BCUT2D eigenvalue weighted by atomic mass is 10.1. The van der Waals surface area contributed by atoms with Crippen LogP contribution in [0, 0.1) is 0 Å². The SMILES string of the molecule is CC(c1cccnc1)N(C)C(=O)N1CCC=C(Cl)C1. The van der Waals surface area contributed by atoms with Crippen molar-refractivity contribution in [2.75, 3.05) is 20.1 Å². The molecule has 0 saturated carbocycles. The first-order chi connectivity index (χ1) is 9.09. The van der Waals surface area contributed by atoms with Gasteiger partial charge in [-0.2, -0.15) is 0 Å². The molecule has 0 N–H and O–H groups in total. The summed E-state index contributed by atoms with van der Waals surface area (Å²) in [5.41, 5.74) is 1.02. The first-order valence-electron chi connectivity index (χ1n) is 6.36. The van der Waals surface area contributed by atoms with Gasteiger partial charge < -0.3 is 9.80 Å². The second-order valence-electron chi connectivity index (χ2n) is 4.72. The predicted octanol–water partition coefficient (Wildman–Crippen LogP) is 3.02. The zero-order valence-electron chi connectivity index (χ0n) is 11.2. The Kier molecular flexibility index (Phi) is 4.43. The van der Waals surface area contributed by atoms with Crippen LogP contribution in [0.4, 0.5) is 4.79 Å². The number of carbonyl (C=O) groups excluding carboxylic acids is 1. The van der Waals surface area contributed by atoms with Gasteiger partial charge in [-0.15, -0.1) is 0 Å². The Morgan fingerprint density at radius 3 is 3.00 bits per heavy atom. The molecule has 1 aromatic rings. The van der Waals surface area contributed by atoms with Crippen molar-refractivity contribution in [3.8, 4) is 0 Å². The molecule has 2 amide bonds. The zero-order chi connectivity index (χ0) is 13.8. The Labute approximate surface area is 118 Å². The fraction of sp³-hybridized carbons (Fsp3) is 0.429. The standard InChI is InChI=1S/C14H18ClN3O/c1-11(12-5-3-7-16-9-12)17(2)14(19)18-8-4-6-13(15)10-18/h3,5-7,9,11H,4,8,10H2,1-2H3. The van der Waals surface area contributed by atoms with E-state index in [4.69, 9.17) is 11.6 Å². The highest BCUT2D eigenvalue weighted by Crippen LogP contribution is 2.21. The van der Waals surface area contributed by atoms with E-state index in [2.05, 4.69) is 4.98 Å². The maximum Gasteiger partial charge on any atom is 0.320 e. The number of nitrogens with zero attached hydrogens (tertiary/aromatic N) is 3. The summed E-state index contributed by atoms with van der Waals surface area (Å²) in [6, 6.07) is 3.85. The van der Waals surface area contributed by atoms with Gasteiger partial charge in [0.15, 0.2) is 0 Å². The average Bonchev–Trinajstić information content (AvgIpc) is 2.46. The molecule has 0 fully saturated rings. The molecule has 1 aliphatic rings. The topological polar surface area (TPSA) is 36.4 Å². The fourth-order valence-corrected chi connectivity index (χ4v) is 2.36. The minimum Gasteiger partial charge on any atom is -0.321 e. The van der Waals surface area contributed by atoms with E-state index < -0.39 is 0 Å². The van der Waals surface area contributed by atoms with E-state index in [-0.39, 0.29) is 12.1 Å². The summed E-state index contributed by atoms with van der Waals surface area (Å²) in [6.07, 6.45) is 6.31. The second-order valence-corrected chi connectivity index (χ2v) is 5.20. The molecule has 0 radical (unpaired) electrons. The molecule has 2 heterocycles. The van der Waals surface area contributed by atoms with E-state index in [1.807, 2.05) is 32.2 Å². The first-order valence-corrected chi connectivity index (χ1v) is 6.73.